The van der Waals surface area contributed by atoms with Crippen LogP contribution in [0.3, 0.4) is 0 Å². The maximum Gasteiger partial charge on any atom is 0.171 e. The number of Topliss-reactive ketones (excluding diaryl/α,β-unsaturated/α-hetero) is 1. The first kappa shape index (κ1) is 22.6. The number of aromatic amines is 1. The van der Waals surface area contributed by atoms with Crippen molar-refractivity contribution >= 4 is 26.8 Å². The van der Waals surface area contributed by atoms with Crippen molar-refractivity contribution < 1.29 is 13.2 Å². The number of aromatic nitrogens is 3. The molecule has 4 rings (SSSR count). The third kappa shape index (κ3) is 5.07. The first-order valence-electron chi connectivity index (χ1n) is 10.9. The van der Waals surface area contributed by atoms with Gasteiger partial charge >= 0.3 is 0 Å². The second-order valence-electron chi connectivity index (χ2n) is 9.92. The zero-order chi connectivity index (χ0) is 23.1. The SMILES string of the molecule is CC(C)(C)C(=O)c1c[nH]c2ncc(-c3cccc(CN4CCC(CS(C)(=O)=O)C4)c3)nc12. The van der Waals surface area contributed by atoms with Crippen LogP contribution in [0, 0.1) is 11.3 Å². The summed E-state index contributed by atoms with van der Waals surface area (Å²) in [6.07, 6.45) is 5.63. The highest BCUT2D eigenvalue weighted by molar-refractivity contribution is 7.90. The lowest BCUT2D eigenvalue weighted by Crippen LogP contribution is -2.22. The van der Waals surface area contributed by atoms with E-state index in [0.717, 1.165) is 42.9 Å². The number of nitrogens with one attached hydrogen (secondary N) is 1. The van der Waals surface area contributed by atoms with Crippen LogP contribution < -0.4 is 0 Å². The van der Waals surface area contributed by atoms with E-state index in [1.807, 2.05) is 32.9 Å². The van der Waals surface area contributed by atoms with Crippen molar-refractivity contribution in [3.63, 3.8) is 0 Å². The molecule has 1 aliphatic rings. The van der Waals surface area contributed by atoms with Gasteiger partial charge in [0.1, 0.15) is 15.4 Å². The molecule has 8 heteroatoms. The van der Waals surface area contributed by atoms with E-state index < -0.39 is 15.3 Å². The van der Waals surface area contributed by atoms with Gasteiger partial charge in [0, 0.05) is 36.5 Å². The molecule has 0 radical (unpaired) electrons. The number of nitrogens with zero attached hydrogens (tertiary/aromatic N) is 3. The Hall–Kier alpha value is -2.58. The summed E-state index contributed by atoms with van der Waals surface area (Å²) in [7, 11) is -2.95. The summed E-state index contributed by atoms with van der Waals surface area (Å²) >= 11 is 0. The number of sulfone groups is 1. The van der Waals surface area contributed by atoms with Gasteiger partial charge in [-0.2, -0.15) is 0 Å². The van der Waals surface area contributed by atoms with Gasteiger partial charge < -0.3 is 4.98 Å². The van der Waals surface area contributed by atoms with Crippen molar-refractivity contribution in [2.45, 2.75) is 33.7 Å². The highest BCUT2D eigenvalue weighted by Gasteiger charge is 2.27. The Balaban J connectivity index is 1.55. The molecule has 0 saturated carbocycles. The number of ketones is 1. The Labute approximate surface area is 189 Å². The van der Waals surface area contributed by atoms with Crippen molar-refractivity contribution in [2.75, 3.05) is 25.1 Å². The Morgan fingerprint density at radius 3 is 2.78 bits per heavy atom. The number of likely N-dealkylation sites (tertiary alicyclic amines) is 1. The lowest BCUT2D eigenvalue weighted by atomic mass is 9.87. The fourth-order valence-electron chi connectivity index (χ4n) is 4.32. The van der Waals surface area contributed by atoms with Gasteiger partial charge in [-0.3, -0.25) is 9.69 Å². The summed E-state index contributed by atoms with van der Waals surface area (Å²) in [4.78, 5) is 27.4. The fraction of sp³-hybridized carbons (Fsp3) is 0.458. The molecule has 7 nitrogen and oxygen atoms in total. The highest BCUT2D eigenvalue weighted by atomic mass is 32.2. The van der Waals surface area contributed by atoms with Gasteiger partial charge in [-0.1, -0.05) is 39.0 Å². The minimum Gasteiger partial charge on any atom is -0.344 e. The van der Waals surface area contributed by atoms with Crippen molar-refractivity contribution in [3.8, 4) is 11.3 Å². The van der Waals surface area contributed by atoms with Crippen molar-refractivity contribution in [1.82, 2.24) is 19.9 Å². The van der Waals surface area contributed by atoms with E-state index in [1.54, 1.807) is 12.4 Å². The van der Waals surface area contributed by atoms with Gasteiger partial charge in [0.15, 0.2) is 11.4 Å². The molecular formula is C24H30N4O3S. The molecule has 1 saturated heterocycles. The molecule has 1 aromatic carbocycles. The van der Waals surface area contributed by atoms with Crippen LogP contribution in [-0.4, -0.2) is 59.2 Å². The van der Waals surface area contributed by atoms with Crippen LogP contribution >= 0.6 is 0 Å². The lowest BCUT2D eigenvalue weighted by Gasteiger charge is -2.16. The van der Waals surface area contributed by atoms with Gasteiger partial charge in [-0.15, -0.1) is 0 Å². The number of carbonyl (C=O) groups is 1. The maximum atomic E-state index is 12.8. The molecule has 1 unspecified atom stereocenters. The number of carbonyl (C=O) groups excluding carboxylic acids is 1. The lowest BCUT2D eigenvalue weighted by molar-refractivity contribution is 0.0860. The number of benzene rings is 1. The highest BCUT2D eigenvalue weighted by Crippen LogP contribution is 2.28. The third-order valence-electron chi connectivity index (χ3n) is 5.84. The number of H-pyrrole nitrogens is 1. The zero-order valence-corrected chi connectivity index (χ0v) is 19.9. The Kier molecular flexibility index (Phi) is 5.94. The Morgan fingerprint density at radius 1 is 1.28 bits per heavy atom. The Morgan fingerprint density at radius 2 is 2.06 bits per heavy atom. The van der Waals surface area contributed by atoms with Gasteiger partial charge in [0.05, 0.1) is 23.2 Å². The van der Waals surface area contributed by atoms with Crippen LogP contribution in [0.5, 0.6) is 0 Å². The van der Waals surface area contributed by atoms with Crippen molar-refractivity contribution in [1.29, 1.82) is 0 Å². The zero-order valence-electron chi connectivity index (χ0n) is 19.1. The number of rotatable bonds is 6. The second-order valence-corrected chi connectivity index (χ2v) is 12.1. The maximum absolute atomic E-state index is 12.8. The number of hydrogen-bond acceptors (Lipinski definition) is 6. The molecule has 2 aromatic heterocycles. The van der Waals surface area contributed by atoms with Gasteiger partial charge in [-0.25, -0.2) is 18.4 Å². The number of fused-ring (bicyclic) bond motifs is 1. The summed E-state index contributed by atoms with van der Waals surface area (Å²) in [6, 6.07) is 8.16. The summed E-state index contributed by atoms with van der Waals surface area (Å²) in [6.45, 7) is 8.15. The minimum atomic E-state index is -2.95. The average Bonchev–Trinajstić information content (AvgIpc) is 3.31. The molecule has 1 fully saturated rings. The van der Waals surface area contributed by atoms with Crippen LogP contribution in [0.25, 0.3) is 22.4 Å². The largest absolute Gasteiger partial charge is 0.344 e. The molecule has 0 bridgehead atoms. The van der Waals surface area contributed by atoms with E-state index in [2.05, 4.69) is 27.0 Å². The molecule has 1 atom stereocenters. The van der Waals surface area contributed by atoms with E-state index in [0.29, 0.717) is 16.7 Å². The molecule has 1 aliphatic heterocycles. The summed E-state index contributed by atoms with van der Waals surface area (Å²) < 4.78 is 23.2. The van der Waals surface area contributed by atoms with Gasteiger partial charge in [0.25, 0.3) is 0 Å². The van der Waals surface area contributed by atoms with E-state index in [4.69, 9.17) is 4.98 Å². The quantitative estimate of drug-likeness (QED) is 0.570. The van der Waals surface area contributed by atoms with Crippen LogP contribution in [0.2, 0.25) is 0 Å². The smallest absolute Gasteiger partial charge is 0.171 e. The molecule has 0 spiro atoms. The molecule has 0 amide bonds. The fourth-order valence-corrected chi connectivity index (χ4v) is 5.44. The van der Waals surface area contributed by atoms with E-state index in [1.165, 1.54) is 6.26 Å². The Bertz CT molecular complexity index is 1260. The summed E-state index contributed by atoms with van der Waals surface area (Å²) in [5, 5.41) is 0. The summed E-state index contributed by atoms with van der Waals surface area (Å²) in [5.74, 6) is 0.487. The molecule has 3 aromatic rings. The molecule has 3 heterocycles. The first-order chi connectivity index (χ1) is 15.0. The van der Waals surface area contributed by atoms with Crippen LogP contribution in [-0.2, 0) is 16.4 Å². The molecule has 32 heavy (non-hydrogen) atoms. The molecule has 1 N–H and O–H groups in total. The normalized spacial score (nSPS) is 17.8. The van der Waals surface area contributed by atoms with Gasteiger partial charge in [-0.05, 0) is 30.5 Å². The van der Waals surface area contributed by atoms with E-state index in [-0.39, 0.29) is 17.5 Å². The monoisotopic (exact) mass is 454 g/mol. The molecule has 170 valence electrons. The summed E-state index contributed by atoms with van der Waals surface area (Å²) in [5.41, 5.74) is 4.06. The van der Waals surface area contributed by atoms with Crippen LogP contribution in [0.15, 0.2) is 36.7 Å². The van der Waals surface area contributed by atoms with Crippen molar-refractivity contribution in [3.05, 3.63) is 47.8 Å². The van der Waals surface area contributed by atoms with Gasteiger partial charge in [0.2, 0.25) is 0 Å². The van der Waals surface area contributed by atoms with Crippen LogP contribution in [0.1, 0.15) is 43.1 Å². The third-order valence-corrected chi connectivity index (χ3v) is 6.92. The van der Waals surface area contributed by atoms with E-state index in [9.17, 15) is 13.2 Å². The topological polar surface area (TPSA) is 96.0 Å². The second kappa shape index (κ2) is 8.41. The van der Waals surface area contributed by atoms with E-state index >= 15 is 0 Å². The number of hydrogen-bond donors (Lipinski definition) is 1. The van der Waals surface area contributed by atoms with Crippen molar-refractivity contribution in [2.24, 2.45) is 11.3 Å². The predicted molar refractivity (Wildman–Crippen MR) is 126 cm³/mol. The standard InChI is InChI=1S/C24H30N4O3S/c1-24(2,3)22(29)19-11-25-23-21(19)27-20(12-26-23)18-7-5-6-16(10-18)13-28-9-8-17(14-28)15-32(4,30)31/h5-7,10-12,17H,8-9,13-15H2,1-4H3,(H,25,26). The molecule has 0 aliphatic carbocycles. The average molecular weight is 455 g/mol. The predicted octanol–water partition coefficient (Wildman–Crippen LogP) is 3.72. The minimum absolute atomic E-state index is 0.0293. The molecular weight excluding hydrogens is 424 g/mol. The van der Waals surface area contributed by atoms with Crippen LogP contribution in [0.4, 0.5) is 0 Å². The first-order valence-corrected chi connectivity index (χ1v) is 12.9.